The summed E-state index contributed by atoms with van der Waals surface area (Å²) in [5.74, 6) is -2.29. The van der Waals surface area contributed by atoms with Crippen molar-refractivity contribution in [3.63, 3.8) is 0 Å². The Morgan fingerprint density at radius 2 is 1.95 bits per heavy atom. The average Bonchev–Trinajstić information content (AvgIpc) is 2.44. The Bertz CT molecular complexity index is 642. The Labute approximate surface area is 113 Å². The molecule has 0 saturated carbocycles. The number of methoxy groups -OCH3 is 1. The molecule has 20 heavy (non-hydrogen) atoms. The number of nitrogens with one attached hydrogen (secondary N) is 1. The summed E-state index contributed by atoms with van der Waals surface area (Å²) in [5.41, 5.74) is 5.35. The van der Waals surface area contributed by atoms with Crippen LogP contribution in [0.3, 0.4) is 0 Å². The highest BCUT2D eigenvalue weighted by Crippen LogP contribution is 2.27. The first-order valence-electron chi connectivity index (χ1n) is 5.58. The lowest BCUT2D eigenvalue weighted by atomic mass is 10.2. The van der Waals surface area contributed by atoms with E-state index in [2.05, 4.69) is 15.0 Å². The Morgan fingerprint density at radius 1 is 1.30 bits per heavy atom. The molecule has 3 N–H and O–H groups in total. The van der Waals surface area contributed by atoms with Crippen molar-refractivity contribution in [2.45, 2.75) is 0 Å². The van der Waals surface area contributed by atoms with Crippen LogP contribution >= 0.6 is 0 Å². The molecule has 0 radical (unpaired) electrons. The van der Waals surface area contributed by atoms with Gasteiger partial charge in [-0.1, -0.05) is 6.07 Å². The van der Waals surface area contributed by atoms with Gasteiger partial charge < -0.3 is 15.8 Å². The topological polar surface area (TPSA) is 77.2 Å². The zero-order valence-corrected chi connectivity index (χ0v) is 10.5. The SMILES string of the molecule is COC(=O)c1ccnc(Nc2c(F)cccc2F)c1N. The summed E-state index contributed by atoms with van der Waals surface area (Å²) < 4.78 is 31.6. The maximum Gasteiger partial charge on any atom is 0.340 e. The number of rotatable bonds is 3. The van der Waals surface area contributed by atoms with Crippen molar-refractivity contribution in [3.05, 3.63) is 47.7 Å². The fraction of sp³-hybridized carbons (Fsp3) is 0.0769. The van der Waals surface area contributed by atoms with Gasteiger partial charge in [0, 0.05) is 6.20 Å². The van der Waals surface area contributed by atoms with Gasteiger partial charge in [-0.2, -0.15) is 0 Å². The minimum absolute atomic E-state index is 0.0306. The van der Waals surface area contributed by atoms with E-state index in [-0.39, 0.29) is 17.1 Å². The van der Waals surface area contributed by atoms with E-state index in [4.69, 9.17) is 5.73 Å². The van der Waals surface area contributed by atoms with E-state index in [0.717, 1.165) is 12.1 Å². The van der Waals surface area contributed by atoms with Crippen LogP contribution in [-0.4, -0.2) is 18.1 Å². The van der Waals surface area contributed by atoms with E-state index >= 15 is 0 Å². The van der Waals surface area contributed by atoms with Crippen molar-refractivity contribution in [1.29, 1.82) is 0 Å². The van der Waals surface area contributed by atoms with Crippen LogP contribution in [0.15, 0.2) is 30.5 Å². The number of para-hydroxylation sites is 1. The number of hydrogen-bond donors (Lipinski definition) is 2. The number of ether oxygens (including phenoxy) is 1. The Kier molecular flexibility index (Phi) is 3.79. The van der Waals surface area contributed by atoms with Gasteiger partial charge in [0.1, 0.15) is 17.3 Å². The Hall–Kier alpha value is -2.70. The molecule has 7 heteroatoms. The van der Waals surface area contributed by atoms with Gasteiger partial charge >= 0.3 is 5.97 Å². The molecule has 1 heterocycles. The van der Waals surface area contributed by atoms with Gasteiger partial charge in [0.15, 0.2) is 5.82 Å². The fourth-order valence-electron chi connectivity index (χ4n) is 1.60. The molecule has 2 aromatic rings. The third kappa shape index (κ3) is 2.51. The first kappa shape index (κ1) is 13.7. The lowest BCUT2D eigenvalue weighted by molar-refractivity contribution is 0.0602. The molecule has 0 fully saturated rings. The number of halogens is 2. The van der Waals surface area contributed by atoms with Crippen molar-refractivity contribution in [2.75, 3.05) is 18.2 Å². The van der Waals surface area contributed by atoms with Crippen molar-refractivity contribution >= 4 is 23.2 Å². The maximum atomic E-state index is 13.5. The van der Waals surface area contributed by atoms with Crippen molar-refractivity contribution in [1.82, 2.24) is 4.98 Å². The van der Waals surface area contributed by atoms with Crippen LogP contribution in [0.5, 0.6) is 0 Å². The summed E-state index contributed by atoms with van der Waals surface area (Å²) in [5, 5.41) is 2.43. The first-order valence-corrected chi connectivity index (χ1v) is 5.58. The lowest BCUT2D eigenvalue weighted by Crippen LogP contribution is -2.09. The minimum Gasteiger partial charge on any atom is -0.465 e. The number of pyridine rings is 1. The fourth-order valence-corrected chi connectivity index (χ4v) is 1.60. The number of esters is 1. The number of nitrogens with zero attached hydrogens (tertiary/aromatic N) is 1. The van der Waals surface area contributed by atoms with E-state index in [0.29, 0.717) is 0 Å². The molecule has 0 saturated heterocycles. The first-order chi connectivity index (χ1) is 9.54. The number of nitrogens with two attached hydrogens (primary N) is 1. The molecule has 0 aliphatic carbocycles. The number of carbonyl (C=O) groups excluding carboxylic acids is 1. The van der Waals surface area contributed by atoms with Crippen LogP contribution in [0, 0.1) is 11.6 Å². The second kappa shape index (κ2) is 5.52. The average molecular weight is 279 g/mol. The highest BCUT2D eigenvalue weighted by molar-refractivity contribution is 5.97. The smallest absolute Gasteiger partial charge is 0.340 e. The van der Waals surface area contributed by atoms with Crippen molar-refractivity contribution in [2.24, 2.45) is 0 Å². The zero-order chi connectivity index (χ0) is 14.7. The number of carbonyl (C=O) groups is 1. The van der Waals surface area contributed by atoms with Crippen LogP contribution in [0.1, 0.15) is 10.4 Å². The van der Waals surface area contributed by atoms with Gasteiger partial charge in [0.25, 0.3) is 0 Å². The highest BCUT2D eigenvalue weighted by atomic mass is 19.1. The third-order valence-corrected chi connectivity index (χ3v) is 2.60. The van der Waals surface area contributed by atoms with Gasteiger partial charge in [0.05, 0.1) is 18.4 Å². The molecule has 0 atom stereocenters. The van der Waals surface area contributed by atoms with E-state index in [9.17, 15) is 13.6 Å². The van der Waals surface area contributed by atoms with Crippen molar-refractivity contribution < 1.29 is 18.3 Å². The molecule has 2 rings (SSSR count). The summed E-state index contributed by atoms with van der Waals surface area (Å²) in [6.45, 7) is 0. The molecule has 0 spiro atoms. The van der Waals surface area contributed by atoms with Gasteiger partial charge in [-0.25, -0.2) is 18.6 Å². The van der Waals surface area contributed by atoms with Gasteiger partial charge in [-0.3, -0.25) is 0 Å². The summed E-state index contributed by atoms with van der Waals surface area (Å²) in [4.78, 5) is 15.3. The predicted octanol–water partition coefficient (Wildman–Crippen LogP) is 2.47. The maximum absolute atomic E-state index is 13.5. The van der Waals surface area contributed by atoms with E-state index in [1.807, 2.05) is 0 Å². The summed E-state index contributed by atoms with van der Waals surface area (Å²) in [6.07, 6.45) is 1.28. The number of anilines is 3. The largest absolute Gasteiger partial charge is 0.465 e. The van der Waals surface area contributed by atoms with Crippen LogP contribution in [0.25, 0.3) is 0 Å². The minimum atomic E-state index is -0.797. The van der Waals surface area contributed by atoms with Gasteiger partial charge in [0.2, 0.25) is 0 Å². The molecule has 0 bridgehead atoms. The second-order valence-electron chi connectivity index (χ2n) is 3.83. The number of benzene rings is 1. The normalized spacial score (nSPS) is 10.2. The van der Waals surface area contributed by atoms with Crippen LogP contribution < -0.4 is 11.1 Å². The molecular weight excluding hydrogens is 268 g/mol. The third-order valence-electron chi connectivity index (χ3n) is 2.60. The van der Waals surface area contributed by atoms with Crippen LogP contribution in [-0.2, 0) is 4.74 Å². The molecule has 0 amide bonds. The van der Waals surface area contributed by atoms with E-state index < -0.39 is 23.3 Å². The summed E-state index contributed by atoms with van der Waals surface area (Å²) in [7, 11) is 1.20. The monoisotopic (exact) mass is 279 g/mol. The molecule has 1 aromatic heterocycles. The Morgan fingerprint density at radius 3 is 2.55 bits per heavy atom. The Balaban J connectivity index is 2.42. The number of nitrogen functional groups attached to an aromatic ring is 1. The molecule has 1 aromatic carbocycles. The van der Waals surface area contributed by atoms with Crippen LogP contribution in [0.4, 0.5) is 26.0 Å². The van der Waals surface area contributed by atoms with E-state index in [1.165, 1.54) is 25.4 Å². The van der Waals surface area contributed by atoms with Gasteiger partial charge in [-0.05, 0) is 18.2 Å². The van der Waals surface area contributed by atoms with Crippen molar-refractivity contribution in [3.8, 4) is 0 Å². The van der Waals surface area contributed by atoms with E-state index in [1.54, 1.807) is 0 Å². The highest BCUT2D eigenvalue weighted by Gasteiger charge is 2.16. The molecule has 0 unspecified atom stereocenters. The molecule has 0 aliphatic heterocycles. The van der Waals surface area contributed by atoms with Crippen LogP contribution in [0.2, 0.25) is 0 Å². The molecule has 104 valence electrons. The predicted molar refractivity (Wildman–Crippen MR) is 69.6 cm³/mol. The number of hydrogen-bond acceptors (Lipinski definition) is 5. The lowest BCUT2D eigenvalue weighted by Gasteiger charge is -2.11. The summed E-state index contributed by atoms with van der Waals surface area (Å²) >= 11 is 0. The second-order valence-corrected chi connectivity index (χ2v) is 3.83. The molecular formula is C13H11F2N3O2. The summed E-state index contributed by atoms with van der Waals surface area (Å²) in [6, 6.07) is 4.76. The molecule has 5 nitrogen and oxygen atoms in total. The quantitative estimate of drug-likeness (QED) is 0.844. The standard InChI is InChI=1S/C13H11F2N3O2/c1-20-13(19)7-5-6-17-12(10(7)16)18-11-8(14)3-2-4-9(11)15/h2-6H,16H2,1H3,(H,17,18). The molecule has 0 aliphatic rings. The van der Waals surface area contributed by atoms with Gasteiger partial charge in [-0.15, -0.1) is 0 Å². The zero-order valence-electron chi connectivity index (χ0n) is 10.5. The number of aromatic nitrogens is 1.